The van der Waals surface area contributed by atoms with Gasteiger partial charge in [0.15, 0.2) is 6.30 Å². The van der Waals surface area contributed by atoms with E-state index in [-0.39, 0.29) is 6.10 Å². The van der Waals surface area contributed by atoms with Crippen molar-refractivity contribution >= 4 is 5.76 Å². The molecule has 4 heteroatoms. The molecule has 0 spiro atoms. The number of nitrogens with zero attached hydrogens (tertiary/aromatic N) is 1. The van der Waals surface area contributed by atoms with Gasteiger partial charge in [-0.05, 0) is 31.0 Å². The molecular weight excluding hydrogens is 224 g/mol. The van der Waals surface area contributed by atoms with Crippen LogP contribution < -0.4 is 0 Å². The van der Waals surface area contributed by atoms with Crippen molar-refractivity contribution in [2.24, 2.45) is 0 Å². The number of ether oxygens (including phenoxy) is 1. The van der Waals surface area contributed by atoms with Crippen LogP contribution in [0.5, 0.6) is 0 Å². The van der Waals surface area contributed by atoms with E-state index in [0.29, 0.717) is 16.9 Å². The molecule has 1 aliphatic carbocycles. The molecule has 2 nitrogen and oxygen atoms in total. The van der Waals surface area contributed by atoms with E-state index in [9.17, 15) is 8.78 Å². The summed E-state index contributed by atoms with van der Waals surface area (Å²) in [4.78, 5) is 1.40. The van der Waals surface area contributed by atoms with Gasteiger partial charge in [-0.2, -0.15) is 0 Å². The smallest absolute Gasteiger partial charge is 0.198 e. The highest BCUT2D eigenvalue weighted by Crippen LogP contribution is 2.38. The van der Waals surface area contributed by atoms with Gasteiger partial charge in [-0.1, -0.05) is 0 Å². The van der Waals surface area contributed by atoms with Gasteiger partial charge in [-0.15, -0.1) is 0 Å². The zero-order valence-electron chi connectivity index (χ0n) is 9.49. The molecular formula is C13H13F2NO. The van der Waals surface area contributed by atoms with Crippen molar-refractivity contribution in [3.8, 4) is 0 Å². The third-order valence-electron chi connectivity index (χ3n) is 3.03. The second-order valence-electron chi connectivity index (χ2n) is 4.54. The normalized spacial score (nSPS) is 23.1. The van der Waals surface area contributed by atoms with Crippen LogP contribution in [0.25, 0.3) is 5.76 Å². The molecule has 2 aliphatic rings. The van der Waals surface area contributed by atoms with Crippen LogP contribution >= 0.6 is 0 Å². The number of fused-ring (bicyclic) bond motifs is 1. The molecule has 1 atom stereocenters. The van der Waals surface area contributed by atoms with Gasteiger partial charge < -0.3 is 9.64 Å². The average Bonchev–Trinajstić information content (AvgIpc) is 3.09. The molecule has 0 saturated heterocycles. The molecule has 1 heterocycles. The van der Waals surface area contributed by atoms with Crippen molar-refractivity contribution in [1.82, 2.24) is 4.90 Å². The van der Waals surface area contributed by atoms with Gasteiger partial charge in [-0.3, -0.25) is 0 Å². The second kappa shape index (κ2) is 3.72. The minimum absolute atomic E-state index is 0.240. The lowest BCUT2D eigenvalue weighted by molar-refractivity contribution is 0.147. The van der Waals surface area contributed by atoms with E-state index in [0.717, 1.165) is 12.8 Å². The number of alkyl halides is 1. The van der Waals surface area contributed by atoms with Gasteiger partial charge in [0.05, 0.1) is 6.10 Å². The van der Waals surface area contributed by atoms with Gasteiger partial charge in [0.2, 0.25) is 0 Å². The molecule has 1 aromatic carbocycles. The van der Waals surface area contributed by atoms with Crippen molar-refractivity contribution in [2.75, 3.05) is 7.05 Å². The van der Waals surface area contributed by atoms with Crippen molar-refractivity contribution in [1.29, 1.82) is 0 Å². The van der Waals surface area contributed by atoms with Gasteiger partial charge in [0, 0.05) is 24.4 Å². The minimum Gasteiger partial charge on any atom is -0.488 e. The lowest BCUT2D eigenvalue weighted by atomic mass is 10.0. The summed E-state index contributed by atoms with van der Waals surface area (Å²) in [6.45, 7) is 0. The molecule has 1 fully saturated rings. The maximum Gasteiger partial charge on any atom is 0.198 e. The Morgan fingerprint density at radius 1 is 1.35 bits per heavy atom. The Morgan fingerprint density at radius 2 is 2.12 bits per heavy atom. The lowest BCUT2D eigenvalue weighted by Gasteiger charge is -2.29. The predicted octanol–water partition coefficient (Wildman–Crippen LogP) is 3.22. The lowest BCUT2D eigenvalue weighted by Crippen LogP contribution is -2.22. The Bertz CT molecular complexity index is 482. The zero-order valence-corrected chi connectivity index (χ0v) is 9.49. The second-order valence-corrected chi connectivity index (χ2v) is 4.54. The average molecular weight is 237 g/mol. The standard InChI is InChI=1S/C13H13F2NO/c1-16-7-12(17-9-3-4-9)10-5-2-8(14)6-11(10)13(16)15/h2,5-7,9,13H,3-4H2,1H3. The van der Waals surface area contributed by atoms with Crippen LogP contribution in [0.4, 0.5) is 8.78 Å². The number of rotatable bonds is 2. The third kappa shape index (κ3) is 1.88. The maximum atomic E-state index is 13.9. The summed E-state index contributed by atoms with van der Waals surface area (Å²) in [5, 5.41) is 0. The molecule has 1 saturated carbocycles. The Balaban J connectivity index is 2.02. The highest BCUT2D eigenvalue weighted by Gasteiger charge is 2.30. The molecule has 3 rings (SSSR count). The van der Waals surface area contributed by atoms with Crippen molar-refractivity contribution in [3.05, 3.63) is 41.3 Å². The van der Waals surface area contributed by atoms with E-state index in [1.807, 2.05) is 0 Å². The quantitative estimate of drug-likeness (QED) is 0.732. The molecule has 0 N–H and O–H groups in total. The molecule has 0 bridgehead atoms. The fraction of sp³-hybridized carbons (Fsp3) is 0.385. The van der Waals surface area contributed by atoms with E-state index >= 15 is 0 Å². The molecule has 90 valence electrons. The first-order chi connectivity index (χ1) is 8.15. The fourth-order valence-corrected chi connectivity index (χ4v) is 1.95. The fourth-order valence-electron chi connectivity index (χ4n) is 1.95. The molecule has 0 radical (unpaired) electrons. The van der Waals surface area contributed by atoms with Crippen LogP contribution in [0.3, 0.4) is 0 Å². The number of benzene rings is 1. The number of hydrogen-bond donors (Lipinski definition) is 0. The van der Waals surface area contributed by atoms with Gasteiger partial charge in [-0.25, -0.2) is 8.78 Å². The molecule has 0 aromatic heterocycles. The highest BCUT2D eigenvalue weighted by molar-refractivity contribution is 5.65. The summed E-state index contributed by atoms with van der Waals surface area (Å²) in [5.41, 5.74) is 0.995. The first-order valence-electron chi connectivity index (χ1n) is 5.69. The first-order valence-corrected chi connectivity index (χ1v) is 5.69. The zero-order chi connectivity index (χ0) is 12.0. The minimum atomic E-state index is -1.31. The summed E-state index contributed by atoms with van der Waals surface area (Å²) < 4.78 is 32.8. The monoisotopic (exact) mass is 237 g/mol. The van der Waals surface area contributed by atoms with Crippen LogP contribution in [0, 0.1) is 5.82 Å². The van der Waals surface area contributed by atoms with E-state index in [2.05, 4.69) is 0 Å². The molecule has 17 heavy (non-hydrogen) atoms. The number of hydrogen-bond acceptors (Lipinski definition) is 2. The Labute approximate surface area is 98.5 Å². The van der Waals surface area contributed by atoms with E-state index in [1.54, 1.807) is 19.3 Å². The summed E-state index contributed by atoms with van der Waals surface area (Å²) >= 11 is 0. The van der Waals surface area contributed by atoms with Crippen molar-refractivity contribution < 1.29 is 13.5 Å². The summed E-state index contributed by atoms with van der Waals surface area (Å²) in [6, 6.07) is 4.15. The SMILES string of the molecule is CN1C=C(OC2CC2)c2ccc(F)cc2C1F. The Hall–Kier alpha value is -1.58. The first kappa shape index (κ1) is 10.6. The summed E-state index contributed by atoms with van der Waals surface area (Å²) in [5.74, 6) is 0.214. The molecule has 1 aromatic rings. The molecule has 1 aliphatic heterocycles. The number of halogens is 2. The van der Waals surface area contributed by atoms with E-state index in [4.69, 9.17) is 4.74 Å². The van der Waals surface area contributed by atoms with Crippen LogP contribution in [0.2, 0.25) is 0 Å². The van der Waals surface area contributed by atoms with Gasteiger partial charge in [0.1, 0.15) is 11.6 Å². The third-order valence-corrected chi connectivity index (χ3v) is 3.03. The summed E-state index contributed by atoms with van der Waals surface area (Å²) in [6.07, 6.45) is 2.65. The maximum absolute atomic E-state index is 13.9. The van der Waals surface area contributed by atoms with Crippen LogP contribution in [0.1, 0.15) is 30.3 Å². The van der Waals surface area contributed by atoms with Crippen LogP contribution in [-0.2, 0) is 4.74 Å². The highest BCUT2D eigenvalue weighted by atomic mass is 19.1. The van der Waals surface area contributed by atoms with Gasteiger partial charge in [0.25, 0.3) is 0 Å². The van der Waals surface area contributed by atoms with Crippen LogP contribution in [-0.4, -0.2) is 18.1 Å². The predicted molar refractivity (Wildman–Crippen MR) is 60.1 cm³/mol. The summed E-state index contributed by atoms with van der Waals surface area (Å²) in [7, 11) is 1.62. The van der Waals surface area contributed by atoms with Crippen LogP contribution in [0.15, 0.2) is 24.4 Å². The molecule has 1 unspecified atom stereocenters. The van der Waals surface area contributed by atoms with Crippen molar-refractivity contribution in [3.63, 3.8) is 0 Å². The Morgan fingerprint density at radius 3 is 2.82 bits per heavy atom. The van der Waals surface area contributed by atoms with Crippen molar-refractivity contribution in [2.45, 2.75) is 25.2 Å². The van der Waals surface area contributed by atoms with E-state index < -0.39 is 12.1 Å². The largest absolute Gasteiger partial charge is 0.488 e. The van der Waals surface area contributed by atoms with E-state index in [1.165, 1.54) is 17.0 Å². The Kier molecular flexibility index (Phi) is 2.31. The molecule has 0 amide bonds. The topological polar surface area (TPSA) is 12.5 Å². The van der Waals surface area contributed by atoms with Gasteiger partial charge >= 0.3 is 0 Å².